The van der Waals surface area contributed by atoms with E-state index in [1.54, 1.807) is 6.07 Å². The average Bonchev–Trinajstić information content (AvgIpc) is 2.18. The topological polar surface area (TPSA) is 68.0 Å². The molecule has 0 saturated heterocycles. The third-order valence-corrected chi connectivity index (χ3v) is 1.12. The Kier molecular flexibility index (Phi) is 5.88. The van der Waals surface area contributed by atoms with E-state index >= 15 is 0 Å². The van der Waals surface area contributed by atoms with Crippen molar-refractivity contribution in [3.63, 3.8) is 0 Å². The average molecular weight is 179 g/mol. The molecular formula is C9H13N3O. The fraction of sp³-hybridized carbons (Fsp3) is 0.111. The van der Waals surface area contributed by atoms with Crippen LogP contribution in [-0.2, 0) is 4.79 Å². The molecule has 0 aliphatic carbocycles. The van der Waals surface area contributed by atoms with Gasteiger partial charge in [0, 0.05) is 7.05 Å². The maximum atomic E-state index is 9.06. The third kappa shape index (κ3) is 5.43. The molecule has 1 aromatic rings. The van der Waals surface area contributed by atoms with Crippen LogP contribution in [0.1, 0.15) is 0 Å². The Bertz CT molecular complexity index is 267. The van der Waals surface area contributed by atoms with Gasteiger partial charge in [0.25, 0.3) is 0 Å². The molecule has 1 rings (SSSR count). The number of aromatic nitrogens is 1. The molecule has 0 aliphatic rings. The zero-order valence-electron chi connectivity index (χ0n) is 7.53. The molecule has 0 saturated carbocycles. The van der Waals surface area contributed by atoms with Crippen LogP contribution in [0, 0.1) is 0 Å². The predicted octanol–water partition coefficient (Wildman–Crippen LogP) is 1.08. The molecule has 0 atom stereocenters. The van der Waals surface area contributed by atoms with Crippen molar-refractivity contribution in [2.24, 2.45) is 0 Å². The SMILES string of the molecule is C=CC=O.CNc1cccc(N)n1. The van der Waals surface area contributed by atoms with E-state index in [4.69, 9.17) is 10.5 Å². The summed E-state index contributed by atoms with van der Waals surface area (Å²) < 4.78 is 0. The second kappa shape index (κ2) is 6.84. The van der Waals surface area contributed by atoms with E-state index in [2.05, 4.69) is 16.9 Å². The van der Waals surface area contributed by atoms with E-state index in [0.717, 1.165) is 5.82 Å². The smallest absolute Gasteiger partial charge is 0.142 e. The van der Waals surface area contributed by atoms with Gasteiger partial charge in [-0.2, -0.15) is 0 Å². The number of allylic oxidation sites excluding steroid dienone is 1. The fourth-order valence-electron chi connectivity index (χ4n) is 0.591. The predicted molar refractivity (Wildman–Crippen MR) is 54.5 cm³/mol. The molecule has 0 amide bonds. The summed E-state index contributed by atoms with van der Waals surface area (Å²) in [7, 11) is 1.81. The largest absolute Gasteiger partial charge is 0.384 e. The quantitative estimate of drug-likeness (QED) is 0.526. The molecule has 13 heavy (non-hydrogen) atoms. The van der Waals surface area contributed by atoms with Gasteiger partial charge in [-0.15, -0.1) is 0 Å². The van der Waals surface area contributed by atoms with E-state index < -0.39 is 0 Å². The highest BCUT2D eigenvalue weighted by Gasteiger charge is 1.86. The van der Waals surface area contributed by atoms with E-state index in [1.807, 2.05) is 19.2 Å². The van der Waals surface area contributed by atoms with Gasteiger partial charge in [0.1, 0.15) is 17.9 Å². The van der Waals surface area contributed by atoms with Crippen LogP contribution in [0.4, 0.5) is 11.6 Å². The van der Waals surface area contributed by atoms with Crippen LogP contribution < -0.4 is 11.1 Å². The van der Waals surface area contributed by atoms with E-state index in [-0.39, 0.29) is 0 Å². The summed E-state index contributed by atoms with van der Waals surface area (Å²) in [6.45, 7) is 3.11. The number of rotatable bonds is 2. The number of nitrogens with zero attached hydrogens (tertiary/aromatic N) is 1. The number of nitrogen functional groups attached to an aromatic ring is 1. The van der Waals surface area contributed by atoms with Crippen LogP contribution in [0.2, 0.25) is 0 Å². The number of carbonyl (C=O) groups is 1. The van der Waals surface area contributed by atoms with Crippen molar-refractivity contribution in [1.82, 2.24) is 4.98 Å². The number of hydrogen-bond acceptors (Lipinski definition) is 4. The highest BCUT2D eigenvalue weighted by Crippen LogP contribution is 2.03. The maximum absolute atomic E-state index is 9.06. The molecule has 1 aromatic heterocycles. The first-order valence-corrected chi connectivity index (χ1v) is 3.71. The molecule has 0 unspecified atom stereocenters. The summed E-state index contributed by atoms with van der Waals surface area (Å²) in [5, 5.41) is 2.88. The standard InChI is InChI=1S/C6H9N3.C3H4O/c1-8-6-4-2-3-5(7)9-6;1-2-3-4/h2-4H,1H3,(H3,7,8,9);2-3H,1H2. The van der Waals surface area contributed by atoms with Crippen molar-refractivity contribution in [3.8, 4) is 0 Å². The van der Waals surface area contributed by atoms with E-state index in [9.17, 15) is 0 Å². The zero-order chi connectivity index (χ0) is 10.1. The number of carbonyl (C=O) groups excluding carboxylic acids is 1. The van der Waals surface area contributed by atoms with Crippen LogP contribution in [0.25, 0.3) is 0 Å². The van der Waals surface area contributed by atoms with Crippen molar-refractivity contribution in [2.45, 2.75) is 0 Å². The number of nitrogens with one attached hydrogen (secondary N) is 1. The Hall–Kier alpha value is -1.84. The minimum atomic E-state index is 0.543. The summed E-state index contributed by atoms with van der Waals surface area (Å²) in [5.41, 5.74) is 5.38. The summed E-state index contributed by atoms with van der Waals surface area (Å²) in [6, 6.07) is 5.46. The molecule has 0 bridgehead atoms. The van der Waals surface area contributed by atoms with Crippen LogP contribution >= 0.6 is 0 Å². The van der Waals surface area contributed by atoms with Gasteiger partial charge in [-0.1, -0.05) is 12.6 Å². The van der Waals surface area contributed by atoms with Crippen molar-refractivity contribution < 1.29 is 4.79 Å². The third-order valence-electron chi connectivity index (χ3n) is 1.12. The number of aldehydes is 1. The van der Waals surface area contributed by atoms with E-state index in [0.29, 0.717) is 12.1 Å². The Morgan fingerprint density at radius 2 is 2.23 bits per heavy atom. The molecule has 0 aliphatic heterocycles. The minimum Gasteiger partial charge on any atom is -0.384 e. The first-order valence-electron chi connectivity index (χ1n) is 3.71. The van der Waals surface area contributed by atoms with Crippen molar-refractivity contribution in [3.05, 3.63) is 30.9 Å². The van der Waals surface area contributed by atoms with Crippen molar-refractivity contribution in [1.29, 1.82) is 0 Å². The lowest BCUT2D eigenvalue weighted by molar-refractivity contribution is -0.104. The van der Waals surface area contributed by atoms with Gasteiger partial charge < -0.3 is 11.1 Å². The number of pyridine rings is 1. The van der Waals surface area contributed by atoms with Crippen LogP contribution in [-0.4, -0.2) is 18.3 Å². The second-order valence-corrected chi connectivity index (χ2v) is 2.07. The lowest BCUT2D eigenvalue weighted by atomic mass is 10.4. The van der Waals surface area contributed by atoms with Gasteiger partial charge in [0.05, 0.1) is 0 Å². The number of nitrogens with two attached hydrogens (primary N) is 1. The summed E-state index contributed by atoms with van der Waals surface area (Å²) in [4.78, 5) is 13.0. The van der Waals surface area contributed by atoms with Gasteiger partial charge >= 0.3 is 0 Å². The fourth-order valence-corrected chi connectivity index (χ4v) is 0.591. The summed E-state index contributed by atoms with van der Waals surface area (Å²) in [6.07, 6.45) is 1.83. The Morgan fingerprint density at radius 3 is 2.54 bits per heavy atom. The zero-order valence-corrected chi connectivity index (χ0v) is 7.53. The first kappa shape index (κ1) is 11.2. The van der Waals surface area contributed by atoms with Crippen molar-refractivity contribution in [2.75, 3.05) is 18.1 Å². The molecule has 70 valence electrons. The van der Waals surface area contributed by atoms with Crippen LogP contribution in [0.15, 0.2) is 30.9 Å². The number of hydrogen-bond donors (Lipinski definition) is 2. The van der Waals surface area contributed by atoms with Crippen molar-refractivity contribution >= 4 is 17.9 Å². The van der Waals surface area contributed by atoms with Gasteiger partial charge in [-0.3, -0.25) is 4.79 Å². The highest BCUT2D eigenvalue weighted by molar-refractivity contribution is 5.63. The van der Waals surface area contributed by atoms with Gasteiger partial charge in [0.2, 0.25) is 0 Å². The van der Waals surface area contributed by atoms with Gasteiger partial charge in [-0.25, -0.2) is 4.98 Å². The molecule has 0 radical (unpaired) electrons. The molecule has 0 aromatic carbocycles. The van der Waals surface area contributed by atoms with Crippen LogP contribution in [0.5, 0.6) is 0 Å². The lowest BCUT2D eigenvalue weighted by Crippen LogP contribution is -1.94. The summed E-state index contributed by atoms with van der Waals surface area (Å²) >= 11 is 0. The first-order chi connectivity index (χ1) is 6.24. The highest BCUT2D eigenvalue weighted by atomic mass is 16.1. The molecule has 4 nitrogen and oxygen atoms in total. The van der Waals surface area contributed by atoms with Gasteiger partial charge in [0.15, 0.2) is 0 Å². The molecule has 0 fully saturated rings. The minimum absolute atomic E-state index is 0.543. The Balaban J connectivity index is 0.000000310. The van der Waals surface area contributed by atoms with Gasteiger partial charge in [-0.05, 0) is 18.2 Å². The lowest BCUT2D eigenvalue weighted by Gasteiger charge is -1.96. The molecule has 3 N–H and O–H groups in total. The number of anilines is 2. The maximum Gasteiger partial charge on any atom is 0.142 e. The summed E-state index contributed by atoms with van der Waals surface area (Å²) in [5.74, 6) is 1.34. The second-order valence-electron chi connectivity index (χ2n) is 2.07. The molecule has 0 spiro atoms. The van der Waals surface area contributed by atoms with Crippen LogP contribution in [0.3, 0.4) is 0 Å². The normalized spacial score (nSPS) is 7.77. The molecule has 1 heterocycles. The Morgan fingerprint density at radius 1 is 1.62 bits per heavy atom. The Labute approximate surface area is 77.5 Å². The molecular weight excluding hydrogens is 166 g/mol. The van der Waals surface area contributed by atoms with E-state index in [1.165, 1.54) is 6.08 Å². The molecule has 4 heteroatoms. The monoisotopic (exact) mass is 179 g/mol.